The van der Waals surface area contributed by atoms with Crippen molar-refractivity contribution in [3.8, 4) is 55.6 Å². The standard InChI is InChI=1S/C48H30S2/c1-3-12-31(13-4-1)33-22-24-34(25-23-33)36-26-35(32-14-5-2-6-15-32)27-37(28-36)42-29-38(30-43-40-16-7-9-19-44(40)50-48(42)43)39-18-11-21-46-47(39)41-17-8-10-20-45(41)49-46/h1-30H. The average Bonchev–Trinajstić information content (AvgIpc) is 3.77. The van der Waals surface area contributed by atoms with E-state index in [1.54, 1.807) is 0 Å². The monoisotopic (exact) mass is 670 g/mol. The summed E-state index contributed by atoms with van der Waals surface area (Å²) in [5.74, 6) is 0. The second-order valence-electron chi connectivity index (χ2n) is 12.9. The summed E-state index contributed by atoms with van der Waals surface area (Å²) in [6, 6.07) is 66.9. The minimum absolute atomic E-state index is 1.21. The van der Waals surface area contributed by atoms with Gasteiger partial charge in [-0.15, -0.1) is 22.7 Å². The molecule has 50 heavy (non-hydrogen) atoms. The Morgan fingerprint density at radius 3 is 1.46 bits per heavy atom. The Kier molecular flexibility index (Phi) is 6.97. The lowest BCUT2D eigenvalue weighted by molar-refractivity contribution is 1.57. The van der Waals surface area contributed by atoms with Crippen molar-refractivity contribution >= 4 is 63.0 Å². The lowest BCUT2D eigenvalue weighted by Crippen LogP contribution is -1.88. The molecule has 0 atom stereocenters. The molecule has 0 saturated heterocycles. The van der Waals surface area contributed by atoms with Gasteiger partial charge >= 0.3 is 0 Å². The van der Waals surface area contributed by atoms with E-state index in [4.69, 9.17) is 0 Å². The maximum atomic E-state index is 2.45. The largest absolute Gasteiger partial charge is 0.135 e. The summed E-state index contributed by atoms with van der Waals surface area (Å²) in [4.78, 5) is 0. The Morgan fingerprint density at radius 1 is 0.260 bits per heavy atom. The van der Waals surface area contributed by atoms with Gasteiger partial charge in [-0.2, -0.15) is 0 Å². The van der Waals surface area contributed by atoms with E-state index < -0.39 is 0 Å². The van der Waals surface area contributed by atoms with Crippen LogP contribution in [0.4, 0.5) is 0 Å². The van der Waals surface area contributed by atoms with Gasteiger partial charge in [0.2, 0.25) is 0 Å². The molecule has 0 radical (unpaired) electrons. The van der Waals surface area contributed by atoms with E-state index in [1.807, 2.05) is 22.7 Å². The van der Waals surface area contributed by atoms with Crippen molar-refractivity contribution < 1.29 is 0 Å². The summed E-state index contributed by atoms with van der Waals surface area (Å²) >= 11 is 3.78. The highest BCUT2D eigenvalue weighted by Gasteiger charge is 2.18. The Balaban J connectivity index is 1.23. The van der Waals surface area contributed by atoms with Crippen molar-refractivity contribution in [3.63, 3.8) is 0 Å². The highest BCUT2D eigenvalue weighted by Crippen LogP contribution is 2.47. The van der Waals surface area contributed by atoms with Crippen LogP contribution in [0.3, 0.4) is 0 Å². The number of benzene rings is 8. The van der Waals surface area contributed by atoms with Crippen LogP contribution in [0.1, 0.15) is 0 Å². The molecule has 0 fully saturated rings. The van der Waals surface area contributed by atoms with E-state index in [0.29, 0.717) is 0 Å². The molecule has 2 heterocycles. The molecule has 0 aliphatic heterocycles. The first kappa shape index (κ1) is 29.1. The number of hydrogen-bond acceptors (Lipinski definition) is 2. The van der Waals surface area contributed by atoms with Gasteiger partial charge < -0.3 is 0 Å². The summed E-state index contributed by atoms with van der Waals surface area (Å²) in [5, 5.41) is 5.30. The van der Waals surface area contributed by atoms with Crippen LogP contribution >= 0.6 is 22.7 Å². The van der Waals surface area contributed by atoms with Gasteiger partial charge in [0.25, 0.3) is 0 Å². The van der Waals surface area contributed by atoms with Crippen LogP contribution in [0.5, 0.6) is 0 Å². The first-order valence-corrected chi connectivity index (χ1v) is 18.6. The summed E-state index contributed by atoms with van der Waals surface area (Å²) in [7, 11) is 0. The third kappa shape index (κ3) is 4.96. The van der Waals surface area contributed by atoms with Gasteiger partial charge in [0, 0.05) is 45.9 Å². The molecule has 0 amide bonds. The quantitative estimate of drug-likeness (QED) is 0.171. The van der Waals surface area contributed by atoms with Crippen LogP contribution in [0.25, 0.3) is 96.0 Å². The Labute approximate surface area is 299 Å². The molecular weight excluding hydrogens is 641 g/mol. The van der Waals surface area contributed by atoms with Crippen LogP contribution in [0, 0.1) is 0 Å². The lowest BCUT2D eigenvalue weighted by atomic mass is 9.90. The first-order valence-electron chi connectivity index (χ1n) is 17.0. The van der Waals surface area contributed by atoms with Gasteiger partial charge in [0.15, 0.2) is 0 Å². The smallest absolute Gasteiger partial charge is 0.0434 e. The summed E-state index contributed by atoms with van der Waals surface area (Å²) in [6.07, 6.45) is 0. The van der Waals surface area contributed by atoms with Crippen LogP contribution in [-0.2, 0) is 0 Å². The maximum absolute atomic E-state index is 2.45. The topological polar surface area (TPSA) is 0 Å². The van der Waals surface area contributed by atoms with Crippen molar-refractivity contribution in [1.82, 2.24) is 0 Å². The van der Waals surface area contributed by atoms with E-state index in [1.165, 1.54) is 96.0 Å². The Morgan fingerprint density at radius 2 is 0.760 bits per heavy atom. The van der Waals surface area contributed by atoms with Crippen LogP contribution in [0.2, 0.25) is 0 Å². The first-order chi connectivity index (χ1) is 24.8. The predicted octanol–water partition coefficient (Wildman–Crippen LogP) is 14.8. The molecule has 0 nitrogen and oxygen atoms in total. The Bertz CT molecular complexity index is 2840. The molecule has 2 aromatic heterocycles. The second-order valence-corrected chi connectivity index (χ2v) is 15.0. The highest BCUT2D eigenvalue weighted by molar-refractivity contribution is 7.26. The van der Waals surface area contributed by atoms with Gasteiger partial charge in [-0.1, -0.05) is 133 Å². The zero-order chi connectivity index (χ0) is 33.0. The van der Waals surface area contributed by atoms with Crippen molar-refractivity contribution in [2.45, 2.75) is 0 Å². The van der Waals surface area contributed by atoms with Crippen molar-refractivity contribution in [2.24, 2.45) is 0 Å². The van der Waals surface area contributed by atoms with E-state index in [2.05, 4.69) is 182 Å². The van der Waals surface area contributed by atoms with Gasteiger partial charge in [-0.05, 0) is 98.6 Å². The lowest BCUT2D eigenvalue weighted by Gasteiger charge is -2.14. The molecule has 2 heteroatoms. The number of fused-ring (bicyclic) bond motifs is 6. The number of thiophene rings is 2. The molecule has 0 N–H and O–H groups in total. The zero-order valence-electron chi connectivity index (χ0n) is 27.1. The number of rotatable bonds is 5. The molecule has 0 aliphatic rings. The van der Waals surface area contributed by atoms with Crippen molar-refractivity contribution in [3.05, 3.63) is 182 Å². The fourth-order valence-electron chi connectivity index (χ4n) is 7.44. The summed E-state index contributed by atoms with van der Waals surface area (Å²) < 4.78 is 5.30. The van der Waals surface area contributed by atoms with E-state index >= 15 is 0 Å². The van der Waals surface area contributed by atoms with Gasteiger partial charge in [-0.3, -0.25) is 0 Å². The number of hydrogen-bond donors (Lipinski definition) is 0. The van der Waals surface area contributed by atoms with Gasteiger partial charge in [-0.25, -0.2) is 0 Å². The van der Waals surface area contributed by atoms with Gasteiger partial charge in [0.05, 0.1) is 0 Å². The molecule has 0 bridgehead atoms. The minimum atomic E-state index is 1.21. The molecule has 0 aliphatic carbocycles. The molecule has 0 spiro atoms. The third-order valence-corrected chi connectivity index (χ3v) is 12.2. The van der Waals surface area contributed by atoms with Crippen molar-refractivity contribution in [2.75, 3.05) is 0 Å². The Hall–Kier alpha value is -5.80. The SMILES string of the molecule is c1ccc(-c2ccc(-c3cc(-c4ccccc4)cc(-c4cc(-c5cccc6sc7ccccc7c56)cc5c4sc4ccccc45)c3)cc2)cc1. The van der Waals surface area contributed by atoms with Crippen LogP contribution in [0.15, 0.2) is 182 Å². The third-order valence-electron chi connectivity index (χ3n) is 9.87. The highest BCUT2D eigenvalue weighted by atomic mass is 32.1. The normalized spacial score (nSPS) is 11.6. The summed E-state index contributed by atoms with van der Waals surface area (Å²) in [5.41, 5.74) is 12.4. The fraction of sp³-hybridized carbons (Fsp3) is 0. The van der Waals surface area contributed by atoms with E-state index in [9.17, 15) is 0 Å². The summed E-state index contributed by atoms with van der Waals surface area (Å²) in [6.45, 7) is 0. The van der Waals surface area contributed by atoms with Gasteiger partial charge in [0.1, 0.15) is 0 Å². The fourth-order valence-corrected chi connectivity index (χ4v) is 9.80. The molecular formula is C48H30S2. The van der Waals surface area contributed by atoms with Crippen LogP contribution in [-0.4, -0.2) is 0 Å². The zero-order valence-corrected chi connectivity index (χ0v) is 28.8. The maximum Gasteiger partial charge on any atom is 0.0434 e. The minimum Gasteiger partial charge on any atom is -0.135 e. The van der Waals surface area contributed by atoms with Crippen molar-refractivity contribution in [1.29, 1.82) is 0 Å². The molecule has 10 rings (SSSR count). The molecule has 0 unspecified atom stereocenters. The molecule has 234 valence electrons. The van der Waals surface area contributed by atoms with E-state index in [-0.39, 0.29) is 0 Å². The average molecular weight is 671 g/mol. The molecule has 10 aromatic rings. The predicted molar refractivity (Wildman–Crippen MR) is 219 cm³/mol. The van der Waals surface area contributed by atoms with Crippen LogP contribution < -0.4 is 0 Å². The molecule has 0 saturated carbocycles. The molecule has 8 aromatic carbocycles. The van der Waals surface area contributed by atoms with E-state index in [0.717, 1.165) is 0 Å². The second kappa shape index (κ2) is 12.0.